The highest BCUT2D eigenvalue weighted by molar-refractivity contribution is 7.93. The molecule has 0 atom stereocenters. The van der Waals surface area contributed by atoms with E-state index in [4.69, 9.17) is 20.8 Å². The lowest BCUT2D eigenvalue weighted by Crippen LogP contribution is -2.34. The van der Waals surface area contributed by atoms with Crippen molar-refractivity contribution < 1.29 is 22.4 Å². The number of para-hydroxylation sites is 1. The number of rotatable bonds is 10. The Labute approximate surface area is 217 Å². The number of ether oxygens (including phenoxy) is 1. The van der Waals surface area contributed by atoms with Crippen molar-refractivity contribution in [3.63, 3.8) is 0 Å². The van der Waals surface area contributed by atoms with Crippen molar-refractivity contribution in [3.8, 4) is 10.8 Å². The molecule has 1 amide bonds. The number of methoxy groups -OCH3 is 1. The quantitative estimate of drug-likeness (QED) is 0.287. The highest BCUT2D eigenvalue weighted by atomic mass is 35.5. The third-order valence-corrected chi connectivity index (χ3v) is 8.44. The number of carbonyl (C=O) groups excluding carboxylic acids is 1. The molecule has 0 spiro atoms. The van der Waals surface area contributed by atoms with Crippen molar-refractivity contribution in [2.24, 2.45) is 0 Å². The van der Waals surface area contributed by atoms with E-state index in [1.54, 1.807) is 30.3 Å². The van der Waals surface area contributed by atoms with Crippen molar-refractivity contribution in [3.05, 3.63) is 82.5 Å². The van der Waals surface area contributed by atoms with Gasteiger partial charge in [0.25, 0.3) is 21.8 Å². The average molecular weight is 547 g/mol. The van der Waals surface area contributed by atoms with Gasteiger partial charge in [0, 0.05) is 26.3 Å². The number of hydrogen-bond donors (Lipinski definition) is 0. The summed E-state index contributed by atoms with van der Waals surface area (Å²) in [6.45, 7) is 0.503. The molecule has 2 aromatic heterocycles. The monoisotopic (exact) mass is 546 g/mol. The third kappa shape index (κ3) is 5.59. The van der Waals surface area contributed by atoms with Gasteiger partial charge in [0.2, 0.25) is 5.89 Å². The molecule has 188 valence electrons. The zero-order valence-corrected chi connectivity index (χ0v) is 21.9. The number of aromatic nitrogens is 2. The van der Waals surface area contributed by atoms with Gasteiger partial charge in [-0.2, -0.15) is 0 Å². The largest absolute Gasteiger partial charge is 0.418 e. The number of anilines is 1. The molecule has 0 unspecified atom stereocenters. The van der Waals surface area contributed by atoms with Crippen molar-refractivity contribution >= 4 is 44.6 Å². The molecule has 4 aromatic rings. The summed E-state index contributed by atoms with van der Waals surface area (Å²) in [6.07, 6.45) is 0. The van der Waals surface area contributed by atoms with Crippen LogP contribution < -0.4 is 4.31 Å². The summed E-state index contributed by atoms with van der Waals surface area (Å²) in [4.78, 5) is 15.5. The Morgan fingerprint density at radius 1 is 1.11 bits per heavy atom. The average Bonchev–Trinajstić information content (AvgIpc) is 3.58. The maximum atomic E-state index is 13.5. The topological polar surface area (TPSA) is 106 Å². The predicted octanol–water partition coefficient (Wildman–Crippen LogP) is 4.57. The second kappa shape index (κ2) is 11.2. The van der Waals surface area contributed by atoms with E-state index in [0.29, 0.717) is 11.6 Å². The SMILES string of the molecule is COCCN(Cc1nnc(-c2cccs2)o1)C(=O)c1ccc(Cl)c(S(=O)(=O)N(C)c2ccccc2)c1. The Hall–Kier alpha value is -3.25. The van der Waals surface area contributed by atoms with Gasteiger partial charge < -0.3 is 14.1 Å². The van der Waals surface area contributed by atoms with Crippen LogP contribution in [0.1, 0.15) is 16.2 Å². The van der Waals surface area contributed by atoms with Crippen LogP contribution in [-0.2, 0) is 21.3 Å². The lowest BCUT2D eigenvalue weighted by Gasteiger charge is -2.23. The molecule has 0 N–H and O–H groups in total. The fraction of sp³-hybridized carbons (Fsp3) is 0.208. The summed E-state index contributed by atoms with van der Waals surface area (Å²) in [6, 6.07) is 16.5. The van der Waals surface area contributed by atoms with E-state index in [2.05, 4.69) is 10.2 Å². The number of carbonyl (C=O) groups is 1. The molecule has 0 saturated heterocycles. The minimum atomic E-state index is -4.04. The molecular weight excluding hydrogens is 524 g/mol. The fourth-order valence-electron chi connectivity index (χ4n) is 3.38. The van der Waals surface area contributed by atoms with E-state index >= 15 is 0 Å². The first-order valence-electron chi connectivity index (χ1n) is 10.8. The van der Waals surface area contributed by atoms with Gasteiger partial charge in [0.05, 0.1) is 28.7 Å². The minimum Gasteiger partial charge on any atom is -0.418 e. The summed E-state index contributed by atoms with van der Waals surface area (Å²) in [5.74, 6) is 0.176. The number of halogens is 1. The van der Waals surface area contributed by atoms with Crippen LogP contribution >= 0.6 is 22.9 Å². The van der Waals surface area contributed by atoms with Gasteiger partial charge in [0.15, 0.2) is 0 Å². The number of nitrogens with zero attached hydrogens (tertiary/aromatic N) is 4. The van der Waals surface area contributed by atoms with Gasteiger partial charge in [-0.25, -0.2) is 8.42 Å². The molecule has 0 aliphatic rings. The Balaban J connectivity index is 1.61. The first-order valence-corrected chi connectivity index (χ1v) is 13.5. The Bertz CT molecular complexity index is 1430. The molecule has 0 bridgehead atoms. The molecule has 12 heteroatoms. The van der Waals surface area contributed by atoms with Crippen LogP contribution in [0.3, 0.4) is 0 Å². The van der Waals surface area contributed by atoms with E-state index in [-0.39, 0.29) is 41.1 Å². The zero-order chi connectivity index (χ0) is 25.7. The summed E-state index contributed by atoms with van der Waals surface area (Å²) < 4.78 is 38.7. The number of amides is 1. The van der Waals surface area contributed by atoms with E-state index in [1.807, 2.05) is 17.5 Å². The van der Waals surface area contributed by atoms with Crippen LogP contribution in [0.25, 0.3) is 10.8 Å². The number of thiophene rings is 1. The molecule has 4 rings (SSSR count). The van der Waals surface area contributed by atoms with Crippen LogP contribution in [-0.4, -0.2) is 56.7 Å². The molecule has 0 aliphatic carbocycles. The number of benzene rings is 2. The molecule has 2 aromatic carbocycles. The predicted molar refractivity (Wildman–Crippen MR) is 138 cm³/mol. The van der Waals surface area contributed by atoms with E-state index in [9.17, 15) is 13.2 Å². The van der Waals surface area contributed by atoms with Crippen LogP contribution in [0, 0.1) is 0 Å². The van der Waals surface area contributed by atoms with Crippen molar-refractivity contribution in [2.45, 2.75) is 11.4 Å². The van der Waals surface area contributed by atoms with Gasteiger partial charge in [-0.1, -0.05) is 35.9 Å². The second-order valence-corrected chi connectivity index (χ2v) is 10.9. The lowest BCUT2D eigenvalue weighted by molar-refractivity contribution is 0.0663. The molecule has 36 heavy (non-hydrogen) atoms. The lowest BCUT2D eigenvalue weighted by atomic mass is 10.2. The molecule has 0 saturated carbocycles. The third-order valence-electron chi connectivity index (χ3n) is 5.31. The highest BCUT2D eigenvalue weighted by Crippen LogP contribution is 2.29. The van der Waals surface area contributed by atoms with Gasteiger partial charge in [-0.15, -0.1) is 21.5 Å². The highest BCUT2D eigenvalue weighted by Gasteiger charge is 2.27. The van der Waals surface area contributed by atoms with E-state index < -0.39 is 15.9 Å². The molecule has 2 heterocycles. The smallest absolute Gasteiger partial charge is 0.265 e. The second-order valence-electron chi connectivity index (χ2n) is 7.65. The molecular formula is C24H23ClN4O5S2. The first kappa shape index (κ1) is 25.8. The van der Waals surface area contributed by atoms with Crippen LogP contribution in [0.5, 0.6) is 0 Å². The maximum Gasteiger partial charge on any atom is 0.265 e. The minimum absolute atomic E-state index is 0.00950. The summed E-state index contributed by atoms with van der Waals surface area (Å²) >= 11 is 7.74. The zero-order valence-electron chi connectivity index (χ0n) is 19.5. The van der Waals surface area contributed by atoms with Gasteiger partial charge in [0.1, 0.15) is 4.90 Å². The molecule has 9 nitrogen and oxygen atoms in total. The summed E-state index contributed by atoms with van der Waals surface area (Å²) in [5, 5.41) is 10.0. The summed E-state index contributed by atoms with van der Waals surface area (Å²) in [7, 11) is -1.08. The number of hydrogen-bond acceptors (Lipinski definition) is 8. The first-order chi connectivity index (χ1) is 17.3. The van der Waals surface area contributed by atoms with Crippen molar-refractivity contribution in [1.82, 2.24) is 15.1 Å². The van der Waals surface area contributed by atoms with Gasteiger partial charge in [-0.05, 0) is 41.8 Å². The Morgan fingerprint density at radius 2 is 1.89 bits per heavy atom. The molecule has 0 aliphatic heterocycles. The standard InChI is InChI=1S/C24H23ClN4O5S2/c1-28(18-7-4-3-5-8-18)36(31,32)21-15-17(10-11-19(21)25)24(30)29(12-13-33-2)16-22-26-27-23(34-22)20-9-6-14-35-20/h3-11,14-15H,12-13,16H2,1-2H3. The van der Waals surface area contributed by atoms with E-state index in [1.165, 1.54) is 48.6 Å². The normalized spacial score (nSPS) is 11.4. The number of sulfonamides is 1. The van der Waals surface area contributed by atoms with Gasteiger partial charge >= 0.3 is 0 Å². The molecule has 0 fully saturated rings. The van der Waals surface area contributed by atoms with Gasteiger partial charge in [-0.3, -0.25) is 9.10 Å². The van der Waals surface area contributed by atoms with Crippen LogP contribution in [0.2, 0.25) is 5.02 Å². The van der Waals surface area contributed by atoms with Crippen LogP contribution in [0.15, 0.2) is 75.4 Å². The van der Waals surface area contributed by atoms with Crippen molar-refractivity contribution in [1.29, 1.82) is 0 Å². The van der Waals surface area contributed by atoms with Crippen molar-refractivity contribution in [2.75, 3.05) is 31.6 Å². The maximum absolute atomic E-state index is 13.5. The van der Waals surface area contributed by atoms with E-state index in [0.717, 1.165) is 9.18 Å². The summed E-state index contributed by atoms with van der Waals surface area (Å²) in [5.41, 5.74) is 0.610. The Kier molecular flexibility index (Phi) is 8.04. The molecule has 0 radical (unpaired) electrons. The Morgan fingerprint density at radius 3 is 2.58 bits per heavy atom. The fourth-order valence-corrected chi connectivity index (χ4v) is 5.71. The van der Waals surface area contributed by atoms with Crippen LogP contribution in [0.4, 0.5) is 5.69 Å².